The first-order valence-corrected chi connectivity index (χ1v) is 9.96. The highest BCUT2D eigenvalue weighted by Crippen LogP contribution is 2.25. The van der Waals surface area contributed by atoms with Crippen LogP contribution in [-0.4, -0.2) is 33.4 Å². The molecule has 0 aliphatic heterocycles. The molecule has 3 N–H and O–H groups in total. The molecule has 10 heteroatoms. The Morgan fingerprint density at radius 3 is 2.65 bits per heavy atom. The van der Waals surface area contributed by atoms with E-state index < -0.39 is 0 Å². The highest BCUT2D eigenvalue weighted by Gasteiger charge is 2.15. The Kier molecular flexibility index (Phi) is 7.24. The first-order chi connectivity index (χ1) is 12.2. The van der Waals surface area contributed by atoms with Crippen LogP contribution in [0, 0.1) is 0 Å². The van der Waals surface area contributed by atoms with Gasteiger partial charge in [-0.25, -0.2) is 4.79 Å². The SMILES string of the molecule is CC(C)(C)NC(=O)Nc1nnc(SCC(=O)NCc2ccccc2Cl)s1. The summed E-state index contributed by atoms with van der Waals surface area (Å²) in [6.07, 6.45) is 0. The lowest BCUT2D eigenvalue weighted by molar-refractivity contribution is -0.118. The first kappa shape index (κ1) is 20.5. The zero-order valence-corrected chi connectivity index (χ0v) is 17.0. The summed E-state index contributed by atoms with van der Waals surface area (Å²) in [6, 6.07) is 7.01. The fraction of sp³-hybridized carbons (Fsp3) is 0.375. The number of hydrogen-bond donors (Lipinski definition) is 3. The normalized spacial score (nSPS) is 11.1. The number of thioether (sulfide) groups is 1. The number of benzene rings is 1. The van der Waals surface area contributed by atoms with Crippen LogP contribution in [0.5, 0.6) is 0 Å². The lowest BCUT2D eigenvalue weighted by Gasteiger charge is -2.19. The quantitative estimate of drug-likeness (QED) is 0.497. The Labute approximate surface area is 165 Å². The van der Waals surface area contributed by atoms with Crippen molar-refractivity contribution in [2.24, 2.45) is 0 Å². The van der Waals surface area contributed by atoms with Crippen molar-refractivity contribution in [1.29, 1.82) is 0 Å². The molecule has 0 fully saturated rings. The predicted molar refractivity (Wildman–Crippen MR) is 106 cm³/mol. The third-order valence-electron chi connectivity index (χ3n) is 2.88. The molecule has 1 aromatic heterocycles. The van der Waals surface area contributed by atoms with Crippen LogP contribution < -0.4 is 16.0 Å². The minimum Gasteiger partial charge on any atom is -0.351 e. The largest absolute Gasteiger partial charge is 0.351 e. The fourth-order valence-corrected chi connectivity index (χ4v) is 3.58. The molecule has 0 aliphatic carbocycles. The molecular formula is C16H20ClN5O2S2. The zero-order valence-electron chi connectivity index (χ0n) is 14.6. The number of urea groups is 1. The zero-order chi connectivity index (χ0) is 19.2. The number of carbonyl (C=O) groups is 2. The van der Waals surface area contributed by atoms with Gasteiger partial charge < -0.3 is 10.6 Å². The smallest absolute Gasteiger partial charge is 0.321 e. The van der Waals surface area contributed by atoms with E-state index in [-0.39, 0.29) is 23.2 Å². The van der Waals surface area contributed by atoms with Gasteiger partial charge in [0.15, 0.2) is 4.34 Å². The van der Waals surface area contributed by atoms with Gasteiger partial charge in [-0.1, -0.05) is 52.9 Å². The molecule has 0 bridgehead atoms. The van der Waals surface area contributed by atoms with E-state index in [2.05, 4.69) is 26.1 Å². The van der Waals surface area contributed by atoms with Crippen molar-refractivity contribution in [3.8, 4) is 0 Å². The van der Waals surface area contributed by atoms with Crippen LogP contribution in [0.1, 0.15) is 26.3 Å². The van der Waals surface area contributed by atoms with Gasteiger partial charge in [0.25, 0.3) is 0 Å². The number of halogens is 1. The number of anilines is 1. The van der Waals surface area contributed by atoms with Crippen molar-refractivity contribution in [2.45, 2.75) is 37.2 Å². The molecule has 0 saturated heterocycles. The maximum Gasteiger partial charge on any atom is 0.321 e. The van der Waals surface area contributed by atoms with E-state index in [0.29, 0.717) is 21.0 Å². The van der Waals surface area contributed by atoms with Gasteiger partial charge in [0.1, 0.15) is 0 Å². The van der Waals surface area contributed by atoms with Crippen LogP contribution in [0.4, 0.5) is 9.93 Å². The number of rotatable bonds is 6. The monoisotopic (exact) mass is 413 g/mol. The van der Waals surface area contributed by atoms with Crippen LogP contribution >= 0.6 is 34.7 Å². The molecule has 140 valence electrons. The van der Waals surface area contributed by atoms with Crippen molar-refractivity contribution in [1.82, 2.24) is 20.8 Å². The molecule has 26 heavy (non-hydrogen) atoms. The molecule has 0 saturated carbocycles. The van der Waals surface area contributed by atoms with E-state index in [1.165, 1.54) is 23.1 Å². The number of carbonyl (C=O) groups excluding carboxylic acids is 2. The van der Waals surface area contributed by atoms with Crippen molar-refractivity contribution in [2.75, 3.05) is 11.1 Å². The van der Waals surface area contributed by atoms with E-state index in [4.69, 9.17) is 11.6 Å². The van der Waals surface area contributed by atoms with Gasteiger partial charge in [0.2, 0.25) is 11.0 Å². The van der Waals surface area contributed by atoms with Crippen LogP contribution in [0.2, 0.25) is 5.02 Å². The summed E-state index contributed by atoms with van der Waals surface area (Å²) in [7, 11) is 0. The van der Waals surface area contributed by atoms with Crippen LogP contribution in [0.25, 0.3) is 0 Å². The first-order valence-electron chi connectivity index (χ1n) is 7.78. The summed E-state index contributed by atoms with van der Waals surface area (Å²) in [5.41, 5.74) is 0.520. The van der Waals surface area contributed by atoms with Gasteiger partial charge >= 0.3 is 6.03 Å². The molecule has 2 aromatic rings. The van der Waals surface area contributed by atoms with Gasteiger partial charge in [0, 0.05) is 17.1 Å². The van der Waals surface area contributed by atoms with Gasteiger partial charge in [-0.3, -0.25) is 10.1 Å². The number of amides is 3. The molecule has 7 nitrogen and oxygen atoms in total. The average Bonchev–Trinajstić information content (AvgIpc) is 2.97. The molecule has 0 radical (unpaired) electrons. The van der Waals surface area contributed by atoms with E-state index in [1.54, 1.807) is 6.07 Å². The van der Waals surface area contributed by atoms with E-state index in [0.717, 1.165) is 5.56 Å². The van der Waals surface area contributed by atoms with Crippen molar-refractivity contribution in [3.63, 3.8) is 0 Å². The molecule has 0 spiro atoms. The molecule has 0 atom stereocenters. The van der Waals surface area contributed by atoms with Gasteiger partial charge in [0.05, 0.1) is 5.75 Å². The summed E-state index contributed by atoms with van der Waals surface area (Å²) in [5.74, 6) is 0.0675. The summed E-state index contributed by atoms with van der Waals surface area (Å²) >= 11 is 8.52. The summed E-state index contributed by atoms with van der Waals surface area (Å²) in [5, 5.41) is 17.1. The number of hydrogen-bond acceptors (Lipinski definition) is 6. The Bertz CT molecular complexity index is 776. The number of nitrogens with one attached hydrogen (secondary N) is 3. The predicted octanol–water partition coefficient (Wildman–Crippen LogP) is 3.52. The highest BCUT2D eigenvalue weighted by molar-refractivity contribution is 8.01. The second-order valence-electron chi connectivity index (χ2n) is 6.36. The van der Waals surface area contributed by atoms with Crippen LogP contribution in [0.15, 0.2) is 28.6 Å². The van der Waals surface area contributed by atoms with E-state index in [9.17, 15) is 9.59 Å². The third-order valence-corrected chi connectivity index (χ3v) is 5.22. The third kappa shape index (κ3) is 7.19. The summed E-state index contributed by atoms with van der Waals surface area (Å²) in [6.45, 7) is 6.02. The lowest BCUT2D eigenvalue weighted by atomic mass is 10.1. The molecule has 0 aliphatic rings. The van der Waals surface area contributed by atoms with Crippen molar-refractivity contribution >= 4 is 51.8 Å². The Morgan fingerprint density at radius 1 is 1.23 bits per heavy atom. The standard InChI is InChI=1S/C16H20ClN5O2S2/c1-16(2,3)20-13(24)19-14-21-22-15(26-14)25-9-12(23)18-8-10-6-4-5-7-11(10)17/h4-7H,8-9H2,1-3H3,(H,18,23)(H2,19,20,21,24). The molecule has 1 aromatic carbocycles. The molecule has 0 unspecified atom stereocenters. The number of aromatic nitrogens is 2. The highest BCUT2D eigenvalue weighted by atomic mass is 35.5. The van der Waals surface area contributed by atoms with Crippen molar-refractivity contribution < 1.29 is 9.59 Å². The number of nitrogens with zero attached hydrogens (tertiary/aromatic N) is 2. The Morgan fingerprint density at radius 2 is 1.96 bits per heavy atom. The van der Waals surface area contributed by atoms with Gasteiger partial charge in [-0.05, 0) is 32.4 Å². The van der Waals surface area contributed by atoms with Crippen LogP contribution in [-0.2, 0) is 11.3 Å². The van der Waals surface area contributed by atoms with Crippen molar-refractivity contribution in [3.05, 3.63) is 34.9 Å². The van der Waals surface area contributed by atoms with Gasteiger partial charge in [-0.2, -0.15) is 0 Å². The topological polar surface area (TPSA) is 96.0 Å². The Hall–Kier alpha value is -1.84. The lowest BCUT2D eigenvalue weighted by Crippen LogP contribution is -2.43. The average molecular weight is 414 g/mol. The molecular weight excluding hydrogens is 394 g/mol. The second kappa shape index (κ2) is 9.20. The fourth-order valence-electron chi connectivity index (χ4n) is 1.80. The van der Waals surface area contributed by atoms with Gasteiger partial charge in [-0.15, -0.1) is 10.2 Å². The minimum atomic E-state index is -0.345. The van der Waals surface area contributed by atoms with E-state index >= 15 is 0 Å². The minimum absolute atomic E-state index is 0.134. The molecule has 1 heterocycles. The summed E-state index contributed by atoms with van der Waals surface area (Å²) in [4.78, 5) is 23.7. The molecule has 3 amide bonds. The maximum absolute atomic E-state index is 11.9. The van der Waals surface area contributed by atoms with E-state index in [1.807, 2.05) is 39.0 Å². The maximum atomic E-state index is 11.9. The second-order valence-corrected chi connectivity index (χ2v) is 8.97. The summed E-state index contributed by atoms with van der Waals surface area (Å²) < 4.78 is 0.601. The Balaban J connectivity index is 1.76. The molecule has 2 rings (SSSR count). The van der Waals surface area contributed by atoms with Crippen LogP contribution in [0.3, 0.4) is 0 Å².